The Morgan fingerprint density at radius 1 is 1.23 bits per heavy atom. The molecule has 0 aliphatic carbocycles. The molecule has 26 heavy (non-hydrogen) atoms. The lowest BCUT2D eigenvalue weighted by molar-refractivity contribution is 0.316. The molecule has 4 nitrogen and oxygen atoms in total. The number of halogens is 1. The van der Waals surface area contributed by atoms with Crippen LogP contribution in [0.25, 0.3) is 0 Å². The zero-order chi connectivity index (χ0) is 18.8. The standard InChI is InChI=1S/C20H23ClN2O2S/c1-12-16(21)6-5-7-17(12)22-20(26)23-9-8-14-10-18(24-3)19(25-4)11-15(14)13(23)2/h5-7,10-11,13H,8-9H2,1-4H3,(H,22,26)/t13-/m1/s1. The van der Waals surface area contributed by atoms with Gasteiger partial charge in [0.25, 0.3) is 0 Å². The highest BCUT2D eigenvalue weighted by Gasteiger charge is 2.27. The summed E-state index contributed by atoms with van der Waals surface area (Å²) >= 11 is 11.9. The fourth-order valence-electron chi connectivity index (χ4n) is 3.35. The molecule has 2 aromatic carbocycles. The first kappa shape index (κ1) is 18.8. The van der Waals surface area contributed by atoms with Crippen LogP contribution < -0.4 is 14.8 Å². The van der Waals surface area contributed by atoms with Crippen molar-refractivity contribution in [2.24, 2.45) is 0 Å². The lowest BCUT2D eigenvalue weighted by atomic mass is 9.93. The molecular formula is C20H23ClN2O2S. The van der Waals surface area contributed by atoms with Crippen molar-refractivity contribution in [3.05, 3.63) is 52.0 Å². The van der Waals surface area contributed by atoms with Crippen molar-refractivity contribution in [1.29, 1.82) is 0 Å². The molecule has 1 atom stereocenters. The monoisotopic (exact) mass is 390 g/mol. The van der Waals surface area contributed by atoms with Gasteiger partial charge >= 0.3 is 0 Å². The van der Waals surface area contributed by atoms with E-state index in [-0.39, 0.29) is 6.04 Å². The van der Waals surface area contributed by atoms with Crippen molar-refractivity contribution in [2.75, 3.05) is 26.1 Å². The van der Waals surface area contributed by atoms with Crippen LogP contribution in [-0.4, -0.2) is 30.8 Å². The molecule has 3 rings (SSSR count). The van der Waals surface area contributed by atoms with E-state index >= 15 is 0 Å². The first-order valence-corrected chi connectivity index (χ1v) is 9.32. The summed E-state index contributed by atoms with van der Waals surface area (Å²) in [6.07, 6.45) is 0.899. The third-order valence-corrected chi connectivity index (χ3v) is 5.70. The first-order chi connectivity index (χ1) is 12.5. The van der Waals surface area contributed by atoms with E-state index in [1.165, 1.54) is 11.1 Å². The molecular weight excluding hydrogens is 368 g/mol. The number of hydrogen-bond donors (Lipinski definition) is 1. The summed E-state index contributed by atoms with van der Waals surface area (Å²) in [5, 5.41) is 4.78. The van der Waals surface area contributed by atoms with Crippen LogP contribution in [0.4, 0.5) is 5.69 Å². The van der Waals surface area contributed by atoms with E-state index in [0.717, 1.165) is 40.7 Å². The summed E-state index contributed by atoms with van der Waals surface area (Å²) in [5.41, 5.74) is 4.41. The van der Waals surface area contributed by atoms with Gasteiger partial charge in [-0.3, -0.25) is 0 Å². The summed E-state index contributed by atoms with van der Waals surface area (Å²) in [5.74, 6) is 1.51. The Morgan fingerprint density at radius 2 is 1.92 bits per heavy atom. The molecule has 0 fully saturated rings. The van der Waals surface area contributed by atoms with Gasteiger partial charge in [0.05, 0.1) is 20.3 Å². The molecule has 6 heteroatoms. The first-order valence-electron chi connectivity index (χ1n) is 8.53. The molecule has 1 aliphatic heterocycles. The Labute approximate surface area is 165 Å². The minimum Gasteiger partial charge on any atom is -0.493 e. The van der Waals surface area contributed by atoms with Crippen molar-refractivity contribution >= 4 is 34.6 Å². The van der Waals surface area contributed by atoms with E-state index in [4.69, 9.17) is 33.3 Å². The number of benzene rings is 2. The molecule has 0 unspecified atom stereocenters. The second kappa shape index (κ2) is 7.72. The number of ether oxygens (including phenoxy) is 2. The van der Waals surface area contributed by atoms with E-state index in [1.807, 2.05) is 25.1 Å². The van der Waals surface area contributed by atoms with E-state index in [0.29, 0.717) is 5.11 Å². The van der Waals surface area contributed by atoms with E-state index in [2.05, 4.69) is 29.3 Å². The van der Waals surface area contributed by atoms with Gasteiger partial charge in [0.1, 0.15) is 0 Å². The number of rotatable bonds is 3. The SMILES string of the molecule is COc1cc2c(cc1OC)[C@@H](C)N(C(=S)Nc1cccc(Cl)c1C)CC2. The van der Waals surface area contributed by atoms with Crippen molar-refractivity contribution in [1.82, 2.24) is 4.90 Å². The van der Waals surface area contributed by atoms with Crippen LogP contribution in [0, 0.1) is 6.92 Å². The Hall–Kier alpha value is -1.98. The number of hydrogen-bond acceptors (Lipinski definition) is 3. The molecule has 1 aliphatic rings. The van der Waals surface area contributed by atoms with Crippen LogP contribution in [0.1, 0.15) is 29.7 Å². The second-order valence-electron chi connectivity index (χ2n) is 6.37. The molecule has 0 saturated heterocycles. The molecule has 0 saturated carbocycles. The maximum atomic E-state index is 6.22. The summed E-state index contributed by atoms with van der Waals surface area (Å²) < 4.78 is 10.9. The quantitative estimate of drug-likeness (QED) is 0.747. The molecule has 1 heterocycles. The normalized spacial score (nSPS) is 16.0. The third kappa shape index (κ3) is 3.46. The predicted octanol–water partition coefficient (Wildman–Crippen LogP) is 4.98. The topological polar surface area (TPSA) is 33.7 Å². The van der Waals surface area contributed by atoms with Crippen LogP contribution in [0.5, 0.6) is 11.5 Å². The van der Waals surface area contributed by atoms with Crippen LogP contribution in [0.2, 0.25) is 5.02 Å². The highest BCUT2D eigenvalue weighted by molar-refractivity contribution is 7.80. The highest BCUT2D eigenvalue weighted by Crippen LogP contribution is 2.38. The molecule has 0 bridgehead atoms. The number of nitrogens with zero attached hydrogens (tertiary/aromatic N) is 1. The lowest BCUT2D eigenvalue weighted by Gasteiger charge is -2.37. The third-order valence-electron chi connectivity index (χ3n) is 4.96. The molecule has 0 spiro atoms. The Balaban J connectivity index is 1.85. The molecule has 0 radical (unpaired) electrons. The highest BCUT2D eigenvalue weighted by atomic mass is 35.5. The van der Waals surface area contributed by atoms with Gasteiger partial charge < -0.3 is 19.7 Å². The minimum absolute atomic E-state index is 0.137. The summed E-state index contributed by atoms with van der Waals surface area (Å²) in [4.78, 5) is 2.20. The number of nitrogens with one attached hydrogen (secondary N) is 1. The largest absolute Gasteiger partial charge is 0.493 e. The van der Waals surface area contributed by atoms with Gasteiger partial charge in [0.15, 0.2) is 16.6 Å². The number of fused-ring (bicyclic) bond motifs is 1. The van der Waals surface area contributed by atoms with Crippen LogP contribution >= 0.6 is 23.8 Å². The molecule has 0 amide bonds. The van der Waals surface area contributed by atoms with Gasteiger partial charge in [-0.1, -0.05) is 17.7 Å². The maximum absolute atomic E-state index is 6.22. The van der Waals surface area contributed by atoms with Crippen LogP contribution in [0.15, 0.2) is 30.3 Å². The zero-order valence-corrected chi connectivity index (χ0v) is 17.0. The second-order valence-corrected chi connectivity index (χ2v) is 7.16. The number of methoxy groups -OCH3 is 2. The Bertz CT molecular complexity index is 841. The van der Waals surface area contributed by atoms with Crippen molar-refractivity contribution in [3.63, 3.8) is 0 Å². The van der Waals surface area contributed by atoms with Gasteiger partial charge in [0, 0.05) is 17.3 Å². The summed E-state index contributed by atoms with van der Waals surface area (Å²) in [7, 11) is 3.32. The van der Waals surface area contributed by atoms with Crippen molar-refractivity contribution < 1.29 is 9.47 Å². The number of thiocarbonyl (C=S) groups is 1. The average Bonchev–Trinajstić information content (AvgIpc) is 2.64. The smallest absolute Gasteiger partial charge is 0.173 e. The molecule has 2 aromatic rings. The van der Waals surface area contributed by atoms with E-state index < -0.39 is 0 Å². The maximum Gasteiger partial charge on any atom is 0.173 e. The van der Waals surface area contributed by atoms with Gasteiger partial charge in [-0.05, 0) is 73.4 Å². The van der Waals surface area contributed by atoms with Gasteiger partial charge in [0.2, 0.25) is 0 Å². The van der Waals surface area contributed by atoms with Crippen molar-refractivity contribution in [2.45, 2.75) is 26.3 Å². The van der Waals surface area contributed by atoms with Crippen molar-refractivity contribution in [3.8, 4) is 11.5 Å². The minimum atomic E-state index is 0.137. The van der Waals surface area contributed by atoms with Gasteiger partial charge in [-0.25, -0.2) is 0 Å². The predicted molar refractivity (Wildman–Crippen MR) is 111 cm³/mol. The summed E-state index contributed by atoms with van der Waals surface area (Å²) in [6.45, 7) is 4.98. The van der Waals surface area contributed by atoms with Crippen LogP contribution in [0.3, 0.4) is 0 Å². The number of anilines is 1. The molecule has 138 valence electrons. The van der Waals surface area contributed by atoms with E-state index in [9.17, 15) is 0 Å². The summed E-state index contributed by atoms with van der Waals surface area (Å²) in [6, 6.07) is 10.1. The fraction of sp³-hybridized carbons (Fsp3) is 0.350. The van der Waals surface area contributed by atoms with Crippen LogP contribution in [-0.2, 0) is 6.42 Å². The van der Waals surface area contributed by atoms with E-state index in [1.54, 1.807) is 14.2 Å². The zero-order valence-electron chi connectivity index (χ0n) is 15.4. The Morgan fingerprint density at radius 3 is 2.62 bits per heavy atom. The van der Waals surface area contributed by atoms with Gasteiger partial charge in [-0.2, -0.15) is 0 Å². The fourth-order valence-corrected chi connectivity index (χ4v) is 3.89. The van der Waals surface area contributed by atoms with Gasteiger partial charge in [-0.15, -0.1) is 0 Å². The average molecular weight is 391 g/mol. The lowest BCUT2D eigenvalue weighted by Crippen LogP contribution is -2.41. The molecule has 1 N–H and O–H groups in total. The Kier molecular flexibility index (Phi) is 5.58. The molecule has 0 aromatic heterocycles.